The van der Waals surface area contributed by atoms with E-state index in [0.717, 1.165) is 10.1 Å². The molecule has 0 fully saturated rings. The molecule has 164 valence electrons. The second kappa shape index (κ2) is 8.35. The molecule has 0 spiro atoms. The summed E-state index contributed by atoms with van der Waals surface area (Å²) in [6.07, 6.45) is 0.163. The van der Waals surface area contributed by atoms with Crippen molar-refractivity contribution in [3.05, 3.63) is 85.5 Å². The first-order chi connectivity index (χ1) is 15.3. The van der Waals surface area contributed by atoms with Gasteiger partial charge in [-0.15, -0.1) is 0 Å². The Bertz CT molecular complexity index is 1340. The van der Waals surface area contributed by atoms with E-state index in [-0.39, 0.29) is 29.3 Å². The largest absolute Gasteiger partial charge is 0.497 e. The van der Waals surface area contributed by atoms with Crippen molar-refractivity contribution in [3.8, 4) is 17.3 Å². The van der Waals surface area contributed by atoms with Gasteiger partial charge in [0.2, 0.25) is 11.8 Å². The summed E-state index contributed by atoms with van der Waals surface area (Å²) in [6.45, 7) is 1.36. The third-order valence-electron chi connectivity index (χ3n) is 5.17. The zero-order valence-corrected chi connectivity index (χ0v) is 18.0. The molecule has 2 aromatic carbocycles. The monoisotopic (exact) mass is 454 g/mol. The van der Waals surface area contributed by atoms with Crippen LogP contribution in [-0.4, -0.2) is 38.4 Å². The van der Waals surface area contributed by atoms with Crippen molar-refractivity contribution in [2.24, 2.45) is 5.10 Å². The summed E-state index contributed by atoms with van der Waals surface area (Å²) in [5.41, 5.74) is -0.594. The minimum Gasteiger partial charge on any atom is -0.497 e. The van der Waals surface area contributed by atoms with Crippen molar-refractivity contribution in [1.29, 1.82) is 0 Å². The first kappa shape index (κ1) is 21.4. The average Bonchev–Trinajstić information content (AvgIpc) is 3.19. The van der Waals surface area contributed by atoms with Crippen molar-refractivity contribution in [2.75, 3.05) is 7.11 Å². The van der Waals surface area contributed by atoms with Gasteiger partial charge in [-0.1, -0.05) is 29.8 Å². The molecule has 4 rings (SSSR count). The molecular formula is C22H19ClN4O5. The fraction of sp³-hybridized carbons (Fsp3) is 0.182. The summed E-state index contributed by atoms with van der Waals surface area (Å²) in [6, 6.07) is 12.9. The van der Waals surface area contributed by atoms with Crippen LogP contribution in [0.4, 0.5) is 0 Å². The molecule has 1 aliphatic rings. The fourth-order valence-electron chi connectivity index (χ4n) is 3.68. The molecule has 1 atom stereocenters. The molecule has 1 amide bonds. The lowest BCUT2D eigenvalue weighted by atomic mass is 9.99. The number of carbonyl (C=O) groups excluding carboxylic acids is 1. The molecule has 32 heavy (non-hydrogen) atoms. The number of nitrogens with one attached hydrogen (secondary N) is 1. The highest BCUT2D eigenvalue weighted by Crippen LogP contribution is 2.34. The predicted molar refractivity (Wildman–Crippen MR) is 119 cm³/mol. The Morgan fingerprint density at radius 3 is 2.56 bits per heavy atom. The second-order valence-corrected chi connectivity index (χ2v) is 7.61. The first-order valence-electron chi connectivity index (χ1n) is 9.66. The van der Waals surface area contributed by atoms with Crippen LogP contribution in [0.3, 0.4) is 0 Å². The number of H-pyrrole nitrogens is 1. The fourth-order valence-corrected chi connectivity index (χ4v) is 3.86. The van der Waals surface area contributed by atoms with Crippen LogP contribution < -0.4 is 16.0 Å². The SMILES string of the molecule is COc1ccc([C@@H]2CC(c3c(O)n(-c4cccc(Cl)c4)c(=O)[nH]c3=O)=NN2C(C)=O)cc1. The van der Waals surface area contributed by atoms with Crippen molar-refractivity contribution in [1.82, 2.24) is 14.6 Å². The smallest absolute Gasteiger partial charge is 0.335 e. The van der Waals surface area contributed by atoms with Crippen LogP contribution in [0.5, 0.6) is 11.6 Å². The summed E-state index contributed by atoms with van der Waals surface area (Å²) < 4.78 is 6.11. The van der Waals surface area contributed by atoms with Gasteiger partial charge < -0.3 is 9.84 Å². The molecule has 0 unspecified atom stereocenters. The summed E-state index contributed by atoms with van der Waals surface area (Å²) in [7, 11) is 1.55. The summed E-state index contributed by atoms with van der Waals surface area (Å²) in [4.78, 5) is 39.6. The number of carbonyl (C=O) groups is 1. The van der Waals surface area contributed by atoms with Gasteiger partial charge in [0.1, 0.15) is 11.3 Å². The van der Waals surface area contributed by atoms with E-state index in [1.807, 2.05) is 0 Å². The number of aromatic nitrogens is 2. The Hall–Kier alpha value is -3.85. The number of hydrogen-bond acceptors (Lipinski definition) is 6. The number of halogens is 1. The predicted octanol–water partition coefficient (Wildman–Crippen LogP) is 2.59. The lowest BCUT2D eigenvalue weighted by molar-refractivity contribution is -0.130. The Kier molecular flexibility index (Phi) is 5.58. The van der Waals surface area contributed by atoms with Gasteiger partial charge in [-0.2, -0.15) is 5.10 Å². The zero-order chi connectivity index (χ0) is 23.0. The number of aromatic hydroxyl groups is 1. The Labute approximate surface area is 187 Å². The molecule has 0 radical (unpaired) electrons. The third kappa shape index (κ3) is 3.78. The van der Waals surface area contributed by atoms with E-state index in [0.29, 0.717) is 10.8 Å². The molecule has 10 heteroatoms. The number of ether oxygens (including phenoxy) is 1. The molecule has 0 saturated heterocycles. The molecule has 0 aliphatic carbocycles. The number of hydrazone groups is 1. The molecule has 1 aromatic heterocycles. The van der Waals surface area contributed by atoms with Gasteiger partial charge in [0.05, 0.1) is 24.6 Å². The highest BCUT2D eigenvalue weighted by atomic mass is 35.5. The van der Waals surface area contributed by atoms with E-state index >= 15 is 0 Å². The average molecular weight is 455 g/mol. The normalized spacial score (nSPS) is 15.5. The van der Waals surface area contributed by atoms with Gasteiger partial charge in [0.15, 0.2) is 0 Å². The van der Waals surface area contributed by atoms with Crippen LogP contribution in [0.15, 0.2) is 63.2 Å². The second-order valence-electron chi connectivity index (χ2n) is 7.18. The summed E-state index contributed by atoms with van der Waals surface area (Å²) in [5, 5.41) is 16.8. The van der Waals surface area contributed by atoms with Crippen molar-refractivity contribution in [3.63, 3.8) is 0 Å². The number of rotatable bonds is 4. The molecular weight excluding hydrogens is 436 g/mol. The molecule has 2 heterocycles. The van der Waals surface area contributed by atoms with E-state index in [4.69, 9.17) is 16.3 Å². The van der Waals surface area contributed by atoms with Gasteiger partial charge in [-0.25, -0.2) is 14.4 Å². The Morgan fingerprint density at radius 1 is 1.22 bits per heavy atom. The molecule has 3 aromatic rings. The van der Waals surface area contributed by atoms with Gasteiger partial charge in [0.25, 0.3) is 5.56 Å². The van der Waals surface area contributed by atoms with E-state index in [1.165, 1.54) is 18.0 Å². The number of hydrogen-bond donors (Lipinski definition) is 2. The van der Waals surface area contributed by atoms with E-state index in [9.17, 15) is 19.5 Å². The van der Waals surface area contributed by atoms with Crippen molar-refractivity contribution >= 4 is 23.2 Å². The molecule has 0 bridgehead atoms. The van der Waals surface area contributed by atoms with Crippen LogP contribution in [-0.2, 0) is 4.79 Å². The molecule has 1 aliphatic heterocycles. The van der Waals surface area contributed by atoms with Crippen LogP contribution in [0.1, 0.15) is 30.5 Å². The lowest BCUT2D eigenvalue weighted by Gasteiger charge is -2.20. The van der Waals surface area contributed by atoms with E-state index < -0.39 is 23.2 Å². The maximum Gasteiger partial charge on any atom is 0.335 e. The van der Waals surface area contributed by atoms with Crippen LogP contribution in [0, 0.1) is 0 Å². The quantitative estimate of drug-likeness (QED) is 0.628. The van der Waals surface area contributed by atoms with Gasteiger partial charge >= 0.3 is 5.69 Å². The number of aromatic amines is 1. The zero-order valence-electron chi connectivity index (χ0n) is 17.2. The number of amides is 1. The number of benzene rings is 2. The minimum atomic E-state index is -0.827. The standard InChI is InChI=1S/C22H19ClN4O5/c1-12(28)27-18(13-6-8-16(32-2)9-7-13)11-17(25-27)19-20(29)24-22(31)26(21(19)30)15-5-3-4-14(23)10-15/h3-10,18,30H,11H2,1-2H3,(H,24,29,31)/t18-/m0/s1. The van der Waals surface area contributed by atoms with Crippen LogP contribution in [0.25, 0.3) is 5.69 Å². The van der Waals surface area contributed by atoms with Gasteiger partial charge in [-0.05, 0) is 35.9 Å². The topological polar surface area (TPSA) is 117 Å². The first-order valence-corrected chi connectivity index (χ1v) is 10.0. The highest BCUT2D eigenvalue weighted by molar-refractivity contribution is 6.30. The van der Waals surface area contributed by atoms with Gasteiger partial charge in [0, 0.05) is 18.4 Å². The number of methoxy groups -OCH3 is 1. The molecule has 9 nitrogen and oxygen atoms in total. The van der Waals surface area contributed by atoms with Crippen LogP contribution >= 0.6 is 11.6 Å². The summed E-state index contributed by atoms with van der Waals surface area (Å²) in [5.74, 6) is -0.261. The minimum absolute atomic E-state index is 0.163. The summed E-state index contributed by atoms with van der Waals surface area (Å²) >= 11 is 6.01. The lowest BCUT2D eigenvalue weighted by Crippen LogP contribution is -2.33. The highest BCUT2D eigenvalue weighted by Gasteiger charge is 2.34. The molecule has 0 saturated carbocycles. The van der Waals surface area contributed by atoms with Crippen molar-refractivity contribution < 1.29 is 14.6 Å². The third-order valence-corrected chi connectivity index (χ3v) is 5.41. The van der Waals surface area contributed by atoms with Gasteiger partial charge in [-0.3, -0.25) is 14.6 Å². The Balaban J connectivity index is 1.81. The maximum atomic E-state index is 12.6. The number of nitrogens with zero attached hydrogens (tertiary/aromatic N) is 3. The maximum absolute atomic E-state index is 12.6. The molecule has 2 N–H and O–H groups in total. The Morgan fingerprint density at radius 2 is 1.94 bits per heavy atom. The van der Waals surface area contributed by atoms with Crippen molar-refractivity contribution in [2.45, 2.75) is 19.4 Å². The van der Waals surface area contributed by atoms with E-state index in [2.05, 4.69) is 10.1 Å². The van der Waals surface area contributed by atoms with E-state index in [1.54, 1.807) is 49.6 Å². The van der Waals surface area contributed by atoms with Crippen LogP contribution in [0.2, 0.25) is 5.02 Å².